The molecule has 0 heterocycles. The zero-order chi connectivity index (χ0) is 15.9. The maximum atomic E-state index is 11.9. The van der Waals surface area contributed by atoms with E-state index in [2.05, 4.69) is 26.6 Å². The van der Waals surface area contributed by atoms with Gasteiger partial charge in [-0.3, -0.25) is 4.79 Å². The molecule has 3 nitrogen and oxygen atoms in total. The number of aryl methyl sites for hydroxylation is 1. The van der Waals surface area contributed by atoms with Gasteiger partial charge in [0.15, 0.2) is 0 Å². The zero-order valence-corrected chi connectivity index (χ0v) is 14.7. The normalized spacial score (nSPS) is 10.5. The van der Waals surface area contributed by atoms with Crippen LogP contribution in [0, 0.1) is 6.92 Å². The Kier molecular flexibility index (Phi) is 6.43. The molecule has 116 valence electrons. The molecule has 1 amide bonds. The van der Waals surface area contributed by atoms with E-state index < -0.39 is 0 Å². The van der Waals surface area contributed by atoms with Gasteiger partial charge in [-0.1, -0.05) is 45.7 Å². The summed E-state index contributed by atoms with van der Waals surface area (Å²) in [6.07, 6.45) is 0.862. The zero-order valence-electron chi connectivity index (χ0n) is 12.3. The van der Waals surface area contributed by atoms with Gasteiger partial charge in [-0.25, -0.2) is 0 Å². The molecular weight excluding hydrogens is 364 g/mol. The van der Waals surface area contributed by atoms with Gasteiger partial charge >= 0.3 is 0 Å². The Hall–Kier alpha value is -1.36. The number of carbonyl (C=O) groups excluding carboxylic acids is 1. The van der Waals surface area contributed by atoms with Crippen molar-refractivity contribution in [2.45, 2.75) is 13.3 Å². The largest absolute Gasteiger partial charge is 0.325 e. The van der Waals surface area contributed by atoms with Gasteiger partial charge in [-0.05, 0) is 55.3 Å². The molecule has 0 fully saturated rings. The lowest BCUT2D eigenvalue weighted by Crippen LogP contribution is -2.29. The molecule has 0 aromatic heterocycles. The van der Waals surface area contributed by atoms with Crippen molar-refractivity contribution in [1.82, 2.24) is 5.32 Å². The van der Waals surface area contributed by atoms with Gasteiger partial charge in [0, 0.05) is 15.2 Å². The number of nitrogens with one attached hydrogen (secondary N) is 2. The Balaban J connectivity index is 1.71. The van der Waals surface area contributed by atoms with Crippen LogP contribution in [-0.4, -0.2) is 19.0 Å². The quantitative estimate of drug-likeness (QED) is 0.737. The SMILES string of the molecule is Cc1ccc(NC(=O)CNCCc2ccc(Cl)cc2)cc1Br. The summed E-state index contributed by atoms with van der Waals surface area (Å²) in [6, 6.07) is 13.5. The van der Waals surface area contributed by atoms with Crippen LogP contribution in [0.1, 0.15) is 11.1 Å². The van der Waals surface area contributed by atoms with Crippen LogP contribution in [-0.2, 0) is 11.2 Å². The molecule has 2 aromatic rings. The number of benzene rings is 2. The average Bonchev–Trinajstić information content (AvgIpc) is 2.49. The first kappa shape index (κ1) is 17.0. The molecule has 2 rings (SSSR count). The summed E-state index contributed by atoms with van der Waals surface area (Å²) in [7, 11) is 0. The highest BCUT2D eigenvalue weighted by molar-refractivity contribution is 9.10. The minimum atomic E-state index is -0.0492. The summed E-state index contributed by atoms with van der Waals surface area (Å²) < 4.78 is 0.987. The molecule has 0 atom stereocenters. The van der Waals surface area contributed by atoms with Gasteiger partial charge in [0.05, 0.1) is 6.54 Å². The highest BCUT2D eigenvalue weighted by Gasteiger charge is 2.03. The van der Waals surface area contributed by atoms with E-state index in [4.69, 9.17) is 11.6 Å². The maximum Gasteiger partial charge on any atom is 0.238 e. The van der Waals surface area contributed by atoms with Crippen LogP contribution in [0.4, 0.5) is 5.69 Å². The number of anilines is 1. The Bertz CT molecular complexity index is 644. The lowest BCUT2D eigenvalue weighted by atomic mass is 10.1. The van der Waals surface area contributed by atoms with Crippen LogP contribution in [0.5, 0.6) is 0 Å². The van der Waals surface area contributed by atoms with Crippen molar-refractivity contribution in [2.24, 2.45) is 0 Å². The third-order valence-corrected chi connectivity index (χ3v) is 4.35. The van der Waals surface area contributed by atoms with Crippen molar-refractivity contribution in [1.29, 1.82) is 0 Å². The van der Waals surface area contributed by atoms with E-state index in [9.17, 15) is 4.79 Å². The minimum absolute atomic E-state index is 0.0492. The summed E-state index contributed by atoms with van der Waals surface area (Å²) >= 11 is 9.29. The second kappa shape index (κ2) is 8.32. The average molecular weight is 382 g/mol. The maximum absolute atomic E-state index is 11.9. The molecule has 0 aliphatic heterocycles. The van der Waals surface area contributed by atoms with Crippen LogP contribution >= 0.6 is 27.5 Å². The van der Waals surface area contributed by atoms with E-state index in [1.807, 2.05) is 49.4 Å². The fourth-order valence-corrected chi connectivity index (χ4v) is 2.47. The third kappa shape index (κ3) is 5.44. The molecule has 0 aliphatic rings. The Labute approximate surface area is 144 Å². The van der Waals surface area contributed by atoms with Crippen LogP contribution in [0.3, 0.4) is 0 Å². The van der Waals surface area contributed by atoms with Gasteiger partial charge in [0.2, 0.25) is 5.91 Å². The highest BCUT2D eigenvalue weighted by atomic mass is 79.9. The Morgan fingerprint density at radius 2 is 1.91 bits per heavy atom. The molecule has 2 N–H and O–H groups in total. The predicted octanol–water partition coefficient (Wildman–Crippen LogP) is 4.18. The van der Waals surface area contributed by atoms with Gasteiger partial charge in [-0.15, -0.1) is 0 Å². The van der Waals surface area contributed by atoms with Crippen LogP contribution in [0.15, 0.2) is 46.9 Å². The summed E-state index contributed by atoms with van der Waals surface area (Å²) in [4.78, 5) is 11.9. The molecule has 0 spiro atoms. The van der Waals surface area contributed by atoms with E-state index in [1.165, 1.54) is 5.56 Å². The fraction of sp³-hybridized carbons (Fsp3) is 0.235. The molecule has 0 unspecified atom stereocenters. The van der Waals surface area contributed by atoms with Crippen molar-refractivity contribution in [2.75, 3.05) is 18.4 Å². The molecule has 2 aromatic carbocycles. The summed E-state index contributed by atoms with van der Waals surface area (Å²) in [5.74, 6) is -0.0492. The first-order valence-electron chi connectivity index (χ1n) is 7.06. The topological polar surface area (TPSA) is 41.1 Å². The van der Waals surface area contributed by atoms with Gasteiger partial charge in [0.1, 0.15) is 0 Å². The number of amides is 1. The first-order chi connectivity index (χ1) is 10.5. The van der Waals surface area contributed by atoms with E-state index in [0.717, 1.165) is 33.7 Å². The van der Waals surface area contributed by atoms with Crippen LogP contribution < -0.4 is 10.6 Å². The minimum Gasteiger partial charge on any atom is -0.325 e. The fourth-order valence-electron chi connectivity index (χ4n) is 1.96. The van der Waals surface area contributed by atoms with Crippen LogP contribution in [0.25, 0.3) is 0 Å². The first-order valence-corrected chi connectivity index (χ1v) is 8.23. The molecule has 0 saturated carbocycles. The number of rotatable bonds is 6. The van der Waals surface area contributed by atoms with E-state index in [-0.39, 0.29) is 5.91 Å². The second-order valence-corrected chi connectivity index (χ2v) is 6.36. The summed E-state index contributed by atoms with van der Waals surface area (Å²) in [5.41, 5.74) is 3.13. The molecule has 0 saturated heterocycles. The number of carbonyl (C=O) groups is 1. The monoisotopic (exact) mass is 380 g/mol. The number of hydrogen-bond acceptors (Lipinski definition) is 2. The highest BCUT2D eigenvalue weighted by Crippen LogP contribution is 2.20. The van der Waals surface area contributed by atoms with Gasteiger partial charge in [-0.2, -0.15) is 0 Å². The number of hydrogen-bond donors (Lipinski definition) is 2. The molecule has 22 heavy (non-hydrogen) atoms. The Morgan fingerprint density at radius 3 is 2.59 bits per heavy atom. The van der Waals surface area contributed by atoms with Gasteiger partial charge < -0.3 is 10.6 Å². The Morgan fingerprint density at radius 1 is 1.18 bits per heavy atom. The van der Waals surface area contributed by atoms with E-state index in [0.29, 0.717) is 6.54 Å². The molecule has 0 bridgehead atoms. The summed E-state index contributed by atoms with van der Waals surface area (Å²) in [6.45, 7) is 3.04. The lowest BCUT2D eigenvalue weighted by Gasteiger charge is -2.08. The molecule has 5 heteroatoms. The van der Waals surface area contributed by atoms with Crippen molar-refractivity contribution in [3.8, 4) is 0 Å². The van der Waals surface area contributed by atoms with E-state index in [1.54, 1.807) is 0 Å². The smallest absolute Gasteiger partial charge is 0.238 e. The van der Waals surface area contributed by atoms with Gasteiger partial charge in [0.25, 0.3) is 0 Å². The van der Waals surface area contributed by atoms with Crippen LogP contribution in [0.2, 0.25) is 5.02 Å². The summed E-state index contributed by atoms with van der Waals surface area (Å²) in [5, 5.41) is 6.74. The molecule has 0 radical (unpaired) electrons. The van der Waals surface area contributed by atoms with Crippen molar-refractivity contribution in [3.05, 3.63) is 63.1 Å². The van der Waals surface area contributed by atoms with Crippen molar-refractivity contribution < 1.29 is 4.79 Å². The second-order valence-electron chi connectivity index (χ2n) is 5.07. The predicted molar refractivity (Wildman–Crippen MR) is 95.5 cm³/mol. The standard InChI is InChI=1S/C17H18BrClN2O/c1-12-2-7-15(10-16(12)18)21-17(22)11-20-9-8-13-3-5-14(19)6-4-13/h2-7,10,20H,8-9,11H2,1H3,(H,21,22). The third-order valence-electron chi connectivity index (χ3n) is 3.24. The lowest BCUT2D eigenvalue weighted by molar-refractivity contribution is -0.115. The number of halogens is 2. The van der Waals surface area contributed by atoms with Crippen molar-refractivity contribution >= 4 is 39.1 Å². The van der Waals surface area contributed by atoms with Crippen molar-refractivity contribution in [3.63, 3.8) is 0 Å². The van der Waals surface area contributed by atoms with E-state index >= 15 is 0 Å². The molecule has 0 aliphatic carbocycles. The molecular formula is C17H18BrClN2O.